The van der Waals surface area contributed by atoms with Crippen LogP contribution < -0.4 is 16.6 Å². The molecule has 22 heavy (non-hydrogen) atoms. The molecule has 2 aromatic rings. The van der Waals surface area contributed by atoms with E-state index in [1.54, 1.807) is 12.1 Å². The highest BCUT2D eigenvalue weighted by molar-refractivity contribution is 5.94. The summed E-state index contributed by atoms with van der Waals surface area (Å²) in [6, 6.07) is 12.8. The zero-order valence-corrected chi connectivity index (χ0v) is 12.2. The van der Waals surface area contributed by atoms with Crippen molar-refractivity contribution in [3.63, 3.8) is 0 Å². The van der Waals surface area contributed by atoms with Crippen LogP contribution in [-0.2, 0) is 0 Å². The minimum atomic E-state index is -0.390. The number of hydrogen-bond acceptors (Lipinski definition) is 3. The van der Waals surface area contributed by atoms with Gasteiger partial charge in [0.25, 0.3) is 11.5 Å². The Hall–Kier alpha value is -2.40. The van der Waals surface area contributed by atoms with Gasteiger partial charge in [-0.1, -0.05) is 30.3 Å². The molecule has 0 spiro atoms. The molecule has 1 aromatic heterocycles. The van der Waals surface area contributed by atoms with Gasteiger partial charge in [0.05, 0.1) is 0 Å². The van der Waals surface area contributed by atoms with E-state index in [0.29, 0.717) is 18.2 Å². The van der Waals surface area contributed by atoms with Crippen LogP contribution in [0.3, 0.4) is 0 Å². The van der Waals surface area contributed by atoms with E-state index in [0.717, 1.165) is 18.4 Å². The summed E-state index contributed by atoms with van der Waals surface area (Å²) in [7, 11) is 0. The molecule has 5 heteroatoms. The van der Waals surface area contributed by atoms with E-state index < -0.39 is 0 Å². The van der Waals surface area contributed by atoms with E-state index >= 15 is 0 Å². The molecule has 3 rings (SSSR count). The number of aromatic nitrogens is 1. The fourth-order valence-electron chi connectivity index (χ4n) is 2.44. The zero-order chi connectivity index (χ0) is 15.5. The molecule has 114 valence electrons. The molecule has 1 heterocycles. The largest absolute Gasteiger partial charge is 0.350 e. The third-order valence-corrected chi connectivity index (χ3v) is 3.96. The summed E-state index contributed by atoms with van der Waals surface area (Å²) in [5, 5.41) is 2.74. The van der Waals surface area contributed by atoms with E-state index in [9.17, 15) is 9.59 Å². The van der Waals surface area contributed by atoms with Crippen LogP contribution in [-0.4, -0.2) is 23.5 Å². The summed E-state index contributed by atoms with van der Waals surface area (Å²) in [5.41, 5.74) is 7.26. The molecular weight excluding hydrogens is 278 g/mol. The fourth-order valence-corrected chi connectivity index (χ4v) is 2.44. The van der Waals surface area contributed by atoms with E-state index in [1.165, 1.54) is 0 Å². The molecule has 0 radical (unpaired) electrons. The van der Waals surface area contributed by atoms with Crippen LogP contribution in [0.2, 0.25) is 0 Å². The molecule has 1 fully saturated rings. The predicted molar refractivity (Wildman–Crippen MR) is 85.5 cm³/mol. The Kier molecular flexibility index (Phi) is 4.06. The lowest BCUT2D eigenvalue weighted by atomic mass is 10.1. The van der Waals surface area contributed by atoms with Crippen LogP contribution in [0, 0.1) is 5.92 Å². The lowest BCUT2D eigenvalue weighted by Gasteiger charge is -2.11. The Morgan fingerprint density at radius 3 is 2.59 bits per heavy atom. The van der Waals surface area contributed by atoms with Gasteiger partial charge in [-0.2, -0.15) is 0 Å². The topological polar surface area (TPSA) is 88.0 Å². The van der Waals surface area contributed by atoms with Crippen molar-refractivity contribution in [2.75, 3.05) is 6.54 Å². The average Bonchev–Trinajstić information content (AvgIpc) is 3.38. The maximum absolute atomic E-state index is 12.1. The molecule has 4 N–H and O–H groups in total. The minimum absolute atomic E-state index is 0.0216. The fraction of sp³-hybridized carbons (Fsp3) is 0.294. The van der Waals surface area contributed by atoms with E-state index in [1.807, 2.05) is 30.3 Å². The molecule has 1 aromatic carbocycles. The second-order valence-electron chi connectivity index (χ2n) is 5.69. The second kappa shape index (κ2) is 6.15. The number of aromatic amines is 1. The first-order valence-electron chi connectivity index (χ1n) is 7.47. The minimum Gasteiger partial charge on any atom is -0.350 e. The number of nitrogens with one attached hydrogen (secondary N) is 2. The number of rotatable bonds is 5. The lowest BCUT2D eigenvalue weighted by molar-refractivity contribution is 0.0949. The summed E-state index contributed by atoms with van der Waals surface area (Å²) in [6.45, 7) is 0.406. The van der Waals surface area contributed by atoms with Gasteiger partial charge >= 0.3 is 0 Å². The van der Waals surface area contributed by atoms with Gasteiger partial charge in [-0.3, -0.25) is 9.59 Å². The number of carbonyl (C=O) groups excluding carboxylic acids is 1. The first-order valence-corrected chi connectivity index (χ1v) is 7.47. The first-order chi connectivity index (χ1) is 10.6. The van der Waals surface area contributed by atoms with Crippen molar-refractivity contribution in [2.24, 2.45) is 11.7 Å². The van der Waals surface area contributed by atoms with Crippen LogP contribution in [0.15, 0.2) is 47.3 Å². The Balaban J connectivity index is 1.71. The molecule has 1 aliphatic carbocycles. The number of carbonyl (C=O) groups is 1. The summed E-state index contributed by atoms with van der Waals surface area (Å²) >= 11 is 0. The average molecular weight is 297 g/mol. The number of hydrogen-bond donors (Lipinski definition) is 3. The zero-order valence-electron chi connectivity index (χ0n) is 12.2. The standard InChI is InChI=1S/C17H19N3O2/c18-14(11-6-7-11)10-19-16(21)13-8-9-15(20-17(13)22)12-4-2-1-3-5-12/h1-5,8-9,11,14H,6-7,10,18H2,(H,19,21)(H,20,22). The quantitative estimate of drug-likeness (QED) is 0.781. The Bertz CT molecular complexity index is 720. The maximum Gasteiger partial charge on any atom is 0.261 e. The normalized spacial score (nSPS) is 15.3. The van der Waals surface area contributed by atoms with Crippen molar-refractivity contribution in [3.05, 3.63) is 58.4 Å². The maximum atomic E-state index is 12.1. The Morgan fingerprint density at radius 1 is 1.23 bits per heavy atom. The number of H-pyrrole nitrogens is 1. The monoisotopic (exact) mass is 297 g/mol. The second-order valence-corrected chi connectivity index (χ2v) is 5.69. The van der Waals surface area contributed by atoms with Crippen LogP contribution in [0.1, 0.15) is 23.2 Å². The van der Waals surface area contributed by atoms with Crippen molar-refractivity contribution in [3.8, 4) is 11.3 Å². The highest BCUT2D eigenvalue weighted by Gasteiger charge is 2.28. The molecule has 0 saturated heterocycles. The van der Waals surface area contributed by atoms with Gasteiger partial charge < -0.3 is 16.0 Å². The number of pyridine rings is 1. The van der Waals surface area contributed by atoms with Crippen LogP contribution >= 0.6 is 0 Å². The van der Waals surface area contributed by atoms with E-state index in [2.05, 4.69) is 10.3 Å². The Labute approximate surface area is 128 Å². The van der Waals surface area contributed by atoms with Crippen molar-refractivity contribution in [1.82, 2.24) is 10.3 Å². The molecule has 1 aliphatic rings. The predicted octanol–water partition coefficient (Wildman–Crippen LogP) is 1.51. The Morgan fingerprint density at radius 2 is 1.95 bits per heavy atom. The van der Waals surface area contributed by atoms with Crippen LogP contribution in [0.4, 0.5) is 0 Å². The van der Waals surface area contributed by atoms with Crippen molar-refractivity contribution < 1.29 is 4.79 Å². The van der Waals surface area contributed by atoms with Crippen molar-refractivity contribution in [2.45, 2.75) is 18.9 Å². The van der Waals surface area contributed by atoms with Gasteiger partial charge in [-0.25, -0.2) is 0 Å². The summed E-state index contributed by atoms with van der Waals surface area (Å²) < 4.78 is 0. The van der Waals surface area contributed by atoms with Crippen LogP contribution in [0.25, 0.3) is 11.3 Å². The van der Waals surface area contributed by atoms with Gasteiger partial charge in [0.15, 0.2) is 0 Å². The summed E-state index contributed by atoms with van der Waals surface area (Å²) in [5.74, 6) is 0.135. The van der Waals surface area contributed by atoms with Gasteiger partial charge in [0, 0.05) is 18.3 Å². The van der Waals surface area contributed by atoms with Gasteiger partial charge in [-0.05, 0) is 36.5 Å². The molecule has 1 amide bonds. The highest BCUT2D eigenvalue weighted by atomic mass is 16.2. The molecule has 1 atom stereocenters. The number of nitrogens with two attached hydrogens (primary N) is 1. The van der Waals surface area contributed by atoms with Crippen molar-refractivity contribution >= 4 is 5.91 Å². The smallest absolute Gasteiger partial charge is 0.261 e. The van der Waals surface area contributed by atoms with Crippen LogP contribution in [0.5, 0.6) is 0 Å². The van der Waals surface area contributed by atoms with E-state index in [4.69, 9.17) is 5.73 Å². The molecule has 5 nitrogen and oxygen atoms in total. The number of amides is 1. The molecule has 1 saturated carbocycles. The summed E-state index contributed by atoms with van der Waals surface area (Å²) in [4.78, 5) is 26.9. The lowest BCUT2D eigenvalue weighted by Crippen LogP contribution is -2.40. The van der Waals surface area contributed by atoms with Gasteiger partial charge in [0.1, 0.15) is 5.56 Å². The third-order valence-electron chi connectivity index (χ3n) is 3.96. The van der Waals surface area contributed by atoms with Gasteiger partial charge in [-0.15, -0.1) is 0 Å². The molecule has 1 unspecified atom stereocenters. The highest BCUT2D eigenvalue weighted by Crippen LogP contribution is 2.31. The van der Waals surface area contributed by atoms with Gasteiger partial charge in [0.2, 0.25) is 0 Å². The molecule has 0 bridgehead atoms. The number of benzene rings is 1. The third kappa shape index (κ3) is 3.26. The van der Waals surface area contributed by atoms with E-state index in [-0.39, 0.29) is 23.1 Å². The first kappa shape index (κ1) is 14.5. The molecular formula is C17H19N3O2. The summed E-state index contributed by atoms with van der Waals surface area (Å²) in [6.07, 6.45) is 2.26. The SMILES string of the molecule is NC(CNC(=O)c1ccc(-c2ccccc2)[nH]c1=O)C1CC1. The van der Waals surface area contributed by atoms with Crippen molar-refractivity contribution in [1.29, 1.82) is 0 Å². The molecule has 0 aliphatic heterocycles.